The minimum Gasteiger partial charge on any atom is -0.383 e. The summed E-state index contributed by atoms with van der Waals surface area (Å²) < 4.78 is 6.19. The first-order valence-electron chi connectivity index (χ1n) is 6.57. The van der Waals surface area contributed by atoms with Gasteiger partial charge in [0, 0.05) is 18.1 Å². The molecule has 18 heavy (non-hydrogen) atoms. The van der Waals surface area contributed by atoms with E-state index < -0.39 is 0 Å². The molecule has 0 saturated carbocycles. The van der Waals surface area contributed by atoms with Gasteiger partial charge in [0.2, 0.25) is 0 Å². The Morgan fingerprint density at radius 2 is 1.89 bits per heavy atom. The van der Waals surface area contributed by atoms with E-state index >= 15 is 0 Å². The maximum Gasteiger partial charge on any atom is 0.0587 e. The average molecular weight is 314 g/mol. The molecule has 0 amide bonds. The molecule has 0 bridgehead atoms. The van der Waals surface area contributed by atoms with Crippen LogP contribution in [0, 0.1) is 11.8 Å². The quantitative estimate of drug-likeness (QED) is 0.742. The lowest BCUT2D eigenvalue weighted by molar-refractivity contribution is 0.196. The molecule has 0 aliphatic heterocycles. The van der Waals surface area contributed by atoms with Crippen molar-refractivity contribution in [3.8, 4) is 0 Å². The smallest absolute Gasteiger partial charge is 0.0587 e. The highest BCUT2D eigenvalue weighted by Gasteiger charge is 2.13. The number of nitrogens with one attached hydrogen (secondary N) is 1. The van der Waals surface area contributed by atoms with Gasteiger partial charge in [0.1, 0.15) is 0 Å². The molecule has 1 rings (SSSR count). The van der Waals surface area contributed by atoms with Gasteiger partial charge in [-0.15, -0.1) is 0 Å². The SMILES string of the molecule is COCCNCC(Cc1ccc(Br)cc1)C(C)C. The van der Waals surface area contributed by atoms with Crippen LogP contribution in [0.25, 0.3) is 0 Å². The zero-order valence-electron chi connectivity index (χ0n) is 11.6. The fourth-order valence-corrected chi connectivity index (χ4v) is 2.19. The summed E-state index contributed by atoms with van der Waals surface area (Å²) in [5, 5.41) is 3.47. The van der Waals surface area contributed by atoms with Gasteiger partial charge in [-0.25, -0.2) is 0 Å². The average Bonchev–Trinajstić information content (AvgIpc) is 2.35. The van der Waals surface area contributed by atoms with Crippen LogP contribution in [0.15, 0.2) is 28.7 Å². The Kier molecular flexibility index (Phi) is 7.56. The first-order valence-corrected chi connectivity index (χ1v) is 7.37. The molecule has 1 aromatic rings. The lowest BCUT2D eigenvalue weighted by Gasteiger charge is -2.21. The highest BCUT2D eigenvalue weighted by molar-refractivity contribution is 9.10. The molecule has 3 heteroatoms. The third kappa shape index (κ3) is 5.98. The monoisotopic (exact) mass is 313 g/mol. The Morgan fingerprint density at radius 3 is 2.44 bits per heavy atom. The van der Waals surface area contributed by atoms with Crippen LogP contribution >= 0.6 is 15.9 Å². The number of benzene rings is 1. The number of halogens is 1. The largest absolute Gasteiger partial charge is 0.383 e. The molecule has 0 heterocycles. The van der Waals surface area contributed by atoms with Gasteiger partial charge in [-0.2, -0.15) is 0 Å². The van der Waals surface area contributed by atoms with E-state index in [0.29, 0.717) is 11.8 Å². The Balaban J connectivity index is 2.44. The van der Waals surface area contributed by atoms with Gasteiger partial charge < -0.3 is 10.1 Å². The summed E-state index contributed by atoms with van der Waals surface area (Å²) in [5.74, 6) is 1.35. The van der Waals surface area contributed by atoms with Crippen molar-refractivity contribution < 1.29 is 4.74 Å². The maximum absolute atomic E-state index is 5.05. The third-order valence-corrected chi connectivity index (χ3v) is 3.77. The molecule has 1 atom stereocenters. The summed E-state index contributed by atoms with van der Waals surface area (Å²) in [6.45, 7) is 7.35. The summed E-state index contributed by atoms with van der Waals surface area (Å²) in [6.07, 6.45) is 1.13. The second kappa shape index (κ2) is 8.68. The van der Waals surface area contributed by atoms with Gasteiger partial charge in [0.25, 0.3) is 0 Å². The van der Waals surface area contributed by atoms with E-state index in [9.17, 15) is 0 Å². The Morgan fingerprint density at radius 1 is 1.22 bits per heavy atom. The number of rotatable bonds is 8. The first-order chi connectivity index (χ1) is 8.63. The van der Waals surface area contributed by atoms with Crippen molar-refractivity contribution in [3.63, 3.8) is 0 Å². The number of methoxy groups -OCH3 is 1. The highest BCUT2D eigenvalue weighted by Crippen LogP contribution is 2.18. The molecule has 0 fully saturated rings. The van der Waals surface area contributed by atoms with E-state index in [4.69, 9.17) is 4.74 Å². The van der Waals surface area contributed by atoms with Crippen LogP contribution in [0.5, 0.6) is 0 Å². The summed E-state index contributed by atoms with van der Waals surface area (Å²) in [5.41, 5.74) is 1.41. The van der Waals surface area contributed by atoms with Gasteiger partial charge in [-0.3, -0.25) is 0 Å². The van der Waals surface area contributed by atoms with Crippen molar-refractivity contribution in [3.05, 3.63) is 34.3 Å². The van der Waals surface area contributed by atoms with Crippen molar-refractivity contribution >= 4 is 15.9 Å². The lowest BCUT2D eigenvalue weighted by Crippen LogP contribution is -2.30. The van der Waals surface area contributed by atoms with Gasteiger partial charge in [0.05, 0.1) is 6.61 Å². The zero-order valence-corrected chi connectivity index (χ0v) is 13.2. The van der Waals surface area contributed by atoms with Crippen molar-refractivity contribution in [2.45, 2.75) is 20.3 Å². The van der Waals surface area contributed by atoms with Gasteiger partial charge in [0.15, 0.2) is 0 Å². The lowest BCUT2D eigenvalue weighted by atomic mass is 9.89. The van der Waals surface area contributed by atoms with Crippen molar-refractivity contribution in [1.82, 2.24) is 5.32 Å². The van der Waals surface area contributed by atoms with Gasteiger partial charge >= 0.3 is 0 Å². The van der Waals surface area contributed by atoms with Crippen LogP contribution in [0.2, 0.25) is 0 Å². The normalized spacial score (nSPS) is 12.9. The summed E-state index contributed by atoms with van der Waals surface area (Å²) in [6, 6.07) is 8.64. The fourth-order valence-electron chi connectivity index (χ4n) is 1.93. The van der Waals surface area contributed by atoms with E-state index in [1.54, 1.807) is 7.11 Å². The van der Waals surface area contributed by atoms with Crippen LogP contribution < -0.4 is 5.32 Å². The molecule has 0 radical (unpaired) electrons. The van der Waals surface area contributed by atoms with Crippen molar-refractivity contribution in [2.24, 2.45) is 11.8 Å². The fraction of sp³-hybridized carbons (Fsp3) is 0.600. The topological polar surface area (TPSA) is 21.3 Å². The third-order valence-electron chi connectivity index (χ3n) is 3.24. The molecule has 0 aliphatic carbocycles. The molecular weight excluding hydrogens is 290 g/mol. The molecule has 0 aliphatic rings. The second-order valence-electron chi connectivity index (χ2n) is 5.03. The molecule has 0 saturated heterocycles. The maximum atomic E-state index is 5.05. The second-order valence-corrected chi connectivity index (χ2v) is 5.95. The van der Waals surface area contributed by atoms with E-state index in [1.807, 2.05) is 0 Å². The molecule has 0 spiro atoms. The predicted octanol–water partition coefficient (Wildman–Crippen LogP) is 3.50. The summed E-state index contributed by atoms with van der Waals surface area (Å²) in [7, 11) is 1.74. The van der Waals surface area contributed by atoms with Gasteiger partial charge in [-0.05, 0) is 42.5 Å². The highest BCUT2D eigenvalue weighted by atomic mass is 79.9. The standard InChI is InChI=1S/C15H24BrNO/c1-12(2)14(11-17-8-9-18-3)10-13-4-6-15(16)7-5-13/h4-7,12,14,17H,8-11H2,1-3H3. The molecule has 2 nitrogen and oxygen atoms in total. The van der Waals surface area contributed by atoms with E-state index in [-0.39, 0.29) is 0 Å². The predicted molar refractivity (Wildman–Crippen MR) is 80.9 cm³/mol. The van der Waals surface area contributed by atoms with Gasteiger partial charge in [-0.1, -0.05) is 41.9 Å². The van der Waals surface area contributed by atoms with Crippen LogP contribution in [0.3, 0.4) is 0 Å². The van der Waals surface area contributed by atoms with Crippen LogP contribution in [0.4, 0.5) is 0 Å². The van der Waals surface area contributed by atoms with Crippen LogP contribution in [-0.4, -0.2) is 26.8 Å². The Bertz CT molecular complexity index is 324. The van der Waals surface area contributed by atoms with Crippen molar-refractivity contribution in [2.75, 3.05) is 26.8 Å². The van der Waals surface area contributed by atoms with E-state index in [2.05, 4.69) is 59.4 Å². The van der Waals surface area contributed by atoms with Crippen LogP contribution in [0.1, 0.15) is 19.4 Å². The summed E-state index contributed by atoms with van der Waals surface area (Å²) >= 11 is 3.47. The Labute approximate surface area is 119 Å². The van der Waals surface area contributed by atoms with Crippen molar-refractivity contribution in [1.29, 1.82) is 0 Å². The van der Waals surface area contributed by atoms with Crippen LogP contribution in [-0.2, 0) is 11.2 Å². The van der Waals surface area contributed by atoms with E-state index in [0.717, 1.165) is 30.6 Å². The number of hydrogen-bond donors (Lipinski definition) is 1. The number of hydrogen-bond acceptors (Lipinski definition) is 2. The number of ether oxygens (including phenoxy) is 1. The molecule has 1 N–H and O–H groups in total. The molecule has 102 valence electrons. The Hall–Kier alpha value is -0.380. The molecular formula is C15H24BrNO. The molecule has 1 unspecified atom stereocenters. The van der Waals surface area contributed by atoms with E-state index in [1.165, 1.54) is 5.56 Å². The minimum atomic E-state index is 0.669. The molecule has 1 aromatic carbocycles. The zero-order chi connectivity index (χ0) is 13.4. The summed E-state index contributed by atoms with van der Waals surface area (Å²) in [4.78, 5) is 0. The minimum absolute atomic E-state index is 0.669. The first kappa shape index (κ1) is 15.7. The molecule has 0 aromatic heterocycles.